The molecule has 1 N–H and O–H groups in total. The molecule has 106 valence electrons. The summed E-state index contributed by atoms with van der Waals surface area (Å²) in [5.41, 5.74) is 1.50. The van der Waals surface area contributed by atoms with E-state index < -0.39 is 6.10 Å². The minimum absolute atomic E-state index is 0.598. The lowest BCUT2D eigenvalue weighted by Gasteiger charge is -2.16. The molecule has 0 radical (unpaired) electrons. The molecule has 0 fully saturated rings. The Bertz CT molecular complexity index is 584. The molecule has 0 bridgehead atoms. The Hall–Kier alpha value is -1.52. The van der Waals surface area contributed by atoms with E-state index in [1.807, 2.05) is 49.4 Å². The van der Waals surface area contributed by atoms with E-state index in [0.717, 1.165) is 21.3 Å². The number of methoxy groups -OCH3 is 1. The molecule has 0 amide bonds. The molecule has 3 nitrogen and oxygen atoms in total. The quantitative estimate of drug-likeness (QED) is 0.898. The van der Waals surface area contributed by atoms with Crippen molar-refractivity contribution >= 4 is 15.9 Å². The fourth-order valence-electron chi connectivity index (χ4n) is 2.03. The largest absolute Gasteiger partial charge is 0.496 e. The van der Waals surface area contributed by atoms with Crippen LogP contribution in [0.5, 0.6) is 11.5 Å². The zero-order valence-corrected chi connectivity index (χ0v) is 13.1. The first-order valence-corrected chi connectivity index (χ1v) is 7.19. The average Bonchev–Trinajstić information content (AvgIpc) is 2.47. The normalized spacial score (nSPS) is 12.0. The van der Waals surface area contributed by atoms with Crippen LogP contribution in [0.3, 0.4) is 0 Å². The second kappa shape index (κ2) is 6.77. The minimum Gasteiger partial charge on any atom is -0.496 e. The fourth-order valence-corrected chi connectivity index (χ4v) is 2.37. The molecule has 0 aliphatic heterocycles. The Morgan fingerprint density at radius 2 is 2.00 bits per heavy atom. The fraction of sp³-hybridized carbons (Fsp3) is 0.250. The topological polar surface area (TPSA) is 38.7 Å². The summed E-state index contributed by atoms with van der Waals surface area (Å²) in [5.74, 6) is 1.40. The number of aliphatic hydroxyl groups is 1. The van der Waals surface area contributed by atoms with E-state index in [9.17, 15) is 5.11 Å². The molecule has 0 aromatic heterocycles. The molecule has 1 atom stereocenters. The second-order valence-corrected chi connectivity index (χ2v) is 5.21. The molecule has 2 aromatic carbocycles. The summed E-state index contributed by atoms with van der Waals surface area (Å²) in [6.07, 6.45) is -0.751. The molecular formula is C16H17BrO3. The van der Waals surface area contributed by atoms with Gasteiger partial charge >= 0.3 is 0 Å². The van der Waals surface area contributed by atoms with Gasteiger partial charge in [-0.15, -0.1) is 0 Å². The van der Waals surface area contributed by atoms with E-state index in [-0.39, 0.29) is 0 Å². The van der Waals surface area contributed by atoms with Crippen LogP contribution in [0.15, 0.2) is 46.9 Å². The Kier molecular flexibility index (Phi) is 5.04. The molecule has 2 rings (SSSR count). The van der Waals surface area contributed by atoms with Gasteiger partial charge in [0.25, 0.3) is 0 Å². The smallest absolute Gasteiger partial charge is 0.126 e. The molecule has 2 aromatic rings. The van der Waals surface area contributed by atoms with Crippen LogP contribution in [0.25, 0.3) is 0 Å². The molecule has 0 saturated heterocycles. The number of hydrogen-bond donors (Lipinski definition) is 1. The lowest BCUT2D eigenvalue weighted by molar-refractivity contribution is 0.214. The van der Waals surface area contributed by atoms with Crippen molar-refractivity contribution in [3.8, 4) is 11.5 Å². The van der Waals surface area contributed by atoms with Crippen molar-refractivity contribution in [3.63, 3.8) is 0 Å². The lowest BCUT2D eigenvalue weighted by atomic mass is 10.0. The standard InChI is InChI=1S/C16H17BrO3/c1-3-20-13-6-4-5-11(9-13)16(18)14-8-7-12(17)10-15(14)19-2/h4-10,16,18H,3H2,1-2H3. The number of hydrogen-bond acceptors (Lipinski definition) is 3. The van der Waals surface area contributed by atoms with Crippen LogP contribution >= 0.6 is 15.9 Å². The van der Waals surface area contributed by atoms with Gasteiger partial charge in [-0.1, -0.05) is 34.1 Å². The van der Waals surface area contributed by atoms with Gasteiger partial charge in [-0.25, -0.2) is 0 Å². The summed E-state index contributed by atoms with van der Waals surface area (Å²) < 4.78 is 11.7. The maximum Gasteiger partial charge on any atom is 0.126 e. The van der Waals surface area contributed by atoms with E-state index in [0.29, 0.717) is 12.4 Å². The highest BCUT2D eigenvalue weighted by molar-refractivity contribution is 9.10. The highest BCUT2D eigenvalue weighted by Crippen LogP contribution is 2.33. The second-order valence-electron chi connectivity index (χ2n) is 4.29. The summed E-state index contributed by atoms with van der Waals surface area (Å²) >= 11 is 3.39. The van der Waals surface area contributed by atoms with E-state index >= 15 is 0 Å². The van der Waals surface area contributed by atoms with Crippen molar-refractivity contribution < 1.29 is 14.6 Å². The SMILES string of the molecule is CCOc1cccc(C(O)c2ccc(Br)cc2OC)c1. The average molecular weight is 337 g/mol. The molecule has 0 saturated carbocycles. The van der Waals surface area contributed by atoms with Crippen LogP contribution in [-0.4, -0.2) is 18.8 Å². The van der Waals surface area contributed by atoms with Gasteiger partial charge in [0.2, 0.25) is 0 Å². The third-order valence-corrected chi connectivity index (χ3v) is 3.47. The third kappa shape index (κ3) is 3.32. The molecule has 0 spiro atoms. The zero-order chi connectivity index (χ0) is 14.5. The first-order valence-electron chi connectivity index (χ1n) is 6.40. The molecule has 4 heteroatoms. The highest BCUT2D eigenvalue weighted by atomic mass is 79.9. The first kappa shape index (κ1) is 14.9. The third-order valence-electron chi connectivity index (χ3n) is 2.97. The van der Waals surface area contributed by atoms with Crippen LogP contribution in [-0.2, 0) is 0 Å². The van der Waals surface area contributed by atoms with Crippen molar-refractivity contribution in [2.45, 2.75) is 13.0 Å². The van der Waals surface area contributed by atoms with Gasteiger partial charge in [0.1, 0.15) is 17.6 Å². The molecule has 0 aliphatic carbocycles. The van der Waals surface area contributed by atoms with E-state index in [1.165, 1.54) is 0 Å². The van der Waals surface area contributed by atoms with Crippen LogP contribution in [0, 0.1) is 0 Å². The molecule has 0 heterocycles. The van der Waals surface area contributed by atoms with Crippen LogP contribution in [0.4, 0.5) is 0 Å². The predicted octanol–water partition coefficient (Wildman–Crippen LogP) is 3.94. The lowest BCUT2D eigenvalue weighted by Crippen LogP contribution is -2.03. The molecule has 1 unspecified atom stereocenters. The number of aliphatic hydroxyl groups excluding tert-OH is 1. The Morgan fingerprint density at radius 1 is 1.20 bits per heavy atom. The Morgan fingerprint density at radius 3 is 2.70 bits per heavy atom. The van der Waals surface area contributed by atoms with Crippen LogP contribution in [0.1, 0.15) is 24.2 Å². The van der Waals surface area contributed by atoms with Crippen molar-refractivity contribution in [2.24, 2.45) is 0 Å². The molecule has 20 heavy (non-hydrogen) atoms. The van der Waals surface area contributed by atoms with E-state index in [2.05, 4.69) is 15.9 Å². The number of halogens is 1. The zero-order valence-electron chi connectivity index (χ0n) is 11.5. The van der Waals surface area contributed by atoms with Crippen molar-refractivity contribution in [3.05, 3.63) is 58.1 Å². The van der Waals surface area contributed by atoms with Gasteiger partial charge < -0.3 is 14.6 Å². The van der Waals surface area contributed by atoms with Gasteiger partial charge in [-0.05, 0) is 36.8 Å². The summed E-state index contributed by atoms with van der Waals surface area (Å²) in [6.45, 7) is 2.53. The number of ether oxygens (including phenoxy) is 2. The number of rotatable bonds is 5. The van der Waals surface area contributed by atoms with Gasteiger partial charge in [-0.3, -0.25) is 0 Å². The van der Waals surface area contributed by atoms with E-state index in [4.69, 9.17) is 9.47 Å². The van der Waals surface area contributed by atoms with Crippen LogP contribution in [0.2, 0.25) is 0 Å². The minimum atomic E-state index is -0.751. The molecule has 0 aliphatic rings. The highest BCUT2D eigenvalue weighted by Gasteiger charge is 2.16. The summed E-state index contributed by atoms with van der Waals surface area (Å²) in [7, 11) is 1.59. The van der Waals surface area contributed by atoms with Gasteiger partial charge in [-0.2, -0.15) is 0 Å². The van der Waals surface area contributed by atoms with Crippen LogP contribution < -0.4 is 9.47 Å². The molecular weight excluding hydrogens is 320 g/mol. The van der Waals surface area contributed by atoms with Crippen molar-refractivity contribution in [1.82, 2.24) is 0 Å². The van der Waals surface area contributed by atoms with Gasteiger partial charge in [0.15, 0.2) is 0 Å². The van der Waals surface area contributed by atoms with Gasteiger partial charge in [0.05, 0.1) is 13.7 Å². The monoisotopic (exact) mass is 336 g/mol. The summed E-state index contributed by atoms with van der Waals surface area (Å²) in [6, 6.07) is 13.0. The summed E-state index contributed by atoms with van der Waals surface area (Å²) in [4.78, 5) is 0. The van der Waals surface area contributed by atoms with E-state index in [1.54, 1.807) is 7.11 Å². The number of benzene rings is 2. The maximum atomic E-state index is 10.5. The Balaban J connectivity index is 2.35. The maximum absolute atomic E-state index is 10.5. The van der Waals surface area contributed by atoms with Gasteiger partial charge in [0, 0.05) is 10.0 Å². The first-order chi connectivity index (χ1) is 9.65. The van der Waals surface area contributed by atoms with Crippen molar-refractivity contribution in [1.29, 1.82) is 0 Å². The van der Waals surface area contributed by atoms with Crippen molar-refractivity contribution in [2.75, 3.05) is 13.7 Å². The Labute approximate surface area is 127 Å². The summed E-state index contributed by atoms with van der Waals surface area (Å²) in [5, 5.41) is 10.5. The predicted molar refractivity (Wildman–Crippen MR) is 82.4 cm³/mol.